The predicted molar refractivity (Wildman–Crippen MR) is 115 cm³/mol. The Hall–Kier alpha value is -2.24. The molecule has 2 unspecified atom stereocenters. The molecule has 3 aromatic heterocycles. The lowest BCUT2D eigenvalue weighted by atomic mass is 9.87. The van der Waals surface area contributed by atoms with Crippen molar-refractivity contribution in [2.24, 2.45) is 11.5 Å². The molecule has 0 aliphatic heterocycles. The van der Waals surface area contributed by atoms with Gasteiger partial charge in [-0.15, -0.1) is 0 Å². The van der Waals surface area contributed by atoms with Crippen molar-refractivity contribution in [2.75, 3.05) is 0 Å². The van der Waals surface area contributed by atoms with Gasteiger partial charge < -0.3 is 24.7 Å². The van der Waals surface area contributed by atoms with E-state index < -0.39 is 10.8 Å². The lowest BCUT2D eigenvalue weighted by molar-refractivity contribution is 0.306. The fraction of sp³-hybridized carbons (Fsp3) is 0.500. The van der Waals surface area contributed by atoms with E-state index in [0.29, 0.717) is 0 Å². The minimum Gasteiger partial charge on any atom is -0.465 e. The Morgan fingerprint density at radius 1 is 0.621 bits per heavy atom. The molecule has 0 saturated carbocycles. The van der Waals surface area contributed by atoms with Crippen molar-refractivity contribution in [1.82, 2.24) is 0 Å². The molecule has 0 aromatic carbocycles. The molecule has 0 bridgehead atoms. The van der Waals surface area contributed by atoms with Gasteiger partial charge >= 0.3 is 0 Å². The van der Waals surface area contributed by atoms with Gasteiger partial charge in [0.25, 0.3) is 0 Å². The second kappa shape index (κ2) is 7.88. The molecule has 0 aliphatic rings. The van der Waals surface area contributed by atoms with Crippen LogP contribution in [0.5, 0.6) is 0 Å². The Morgan fingerprint density at radius 3 is 1.28 bits per heavy atom. The summed E-state index contributed by atoms with van der Waals surface area (Å²) in [5, 5.41) is 0. The summed E-state index contributed by atoms with van der Waals surface area (Å²) in [6, 6.07) is 12.2. The monoisotopic (exact) mass is 398 g/mol. The highest BCUT2D eigenvalue weighted by molar-refractivity contribution is 5.33. The minimum atomic E-state index is -0.395. The van der Waals surface area contributed by atoms with Gasteiger partial charge in [0.05, 0.1) is 10.8 Å². The normalized spacial score (nSPS) is 14.9. The number of furan rings is 3. The molecule has 0 radical (unpaired) electrons. The molecule has 0 amide bonds. The second-order valence-electron chi connectivity index (χ2n) is 9.31. The molecule has 3 aromatic rings. The smallest absolute Gasteiger partial charge is 0.117 e. The first-order valence-electron chi connectivity index (χ1n) is 10.3. The zero-order chi connectivity index (χ0) is 21.4. The van der Waals surface area contributed by atoms with E-state index in [1.807, 2.05) is 50.2 Å². The van der Waals surface area contributed by atoms with Crippen molar-refractivity contribution in [3.05, 3.63) is 71.0 Å². The summed E-state index contributed by atoms with van der Waals surface area (Å²) < 4.78 is 18.5. The van der Waals surface area contributed by atoms with Crippen LogP contribution in [0.4, 0.5) is 0 Å². The third-order valence-electron chi connectivity index (χ3n) is 5.44. The summed E-state index contributed by atoms with van der Waals surface area (Å²) in [6.07, 6.45) is 1.43. The van der Waals surface area contributed by atoms with Crippen molar-refractivity contribution >= 4 is 0 Å². The second-order valence-corrected chi connectivity index (χ2v) is 9.31. The summed E-state index contributed by atoms with van der Waals surface area (Å²) in [4.78, 5) is 0. The van der Waals surface area contributed by atoms with Crippen LogP contribution in [-0.2, 0) is 23.7 Å². The molecule has 0 saturated heterocycles. The summed E-state index contributed by atoms with van der Waals surface area (Å²) in [5.74, 6) is 5.22. The van der Waals surface area contributed by atoms with E-state index in [-0.39, 0.29) is 12.1 Å². The Bertz CT molecular complexity index is 866. The quantitative estimate of drug-likeness (QED) is 0.563. The highest BCUT2D eigenvalue weighted by Crippen LogP contribution is 2.39. The predicted octanol–water partition coefficient (Wildman–Crippen LogP) is 4.90. The maximum Gasteiger partial charge on any atom is 0.117 e. The van der Waals surface area contributed by atoms with Crippen LogP contribution < -0.4 is 11.5 Å². The molecule has 5 nitrogen and oxygen atoms in total. The summed E-state index contributed by atoms with van der Waals surface area (Å²) >= 11 is 0. The van der Waals surface area contributed by atoms with Gasteiger partial charge in [-0.1, -0.05) is 0 Å². The van der Waals surface area contributed by atoms with Gasteiger partial charge in [-0.25, -0.2) is 0 Å². The van der Waals surface area contributed by atoms with E-state index in [0.717, 1.165) is 47.4 Å². The maximum atomic E-state index is 6.33. The first-order chi connectivity index (χ1) is 13.5. The lowest BCUT2D eigenvalue weighted by Crippen LogP contribution is -2.20. The van der Waals surface area contributed by atoms with Crippen LogP contribution in [0.25, 0.3) is 0 Å². The van der Waals surface area contributed by atoms with E-state index in [2.05, 4.69) is 27.7 Å². The molecule has 3 heterocycles. The molecule has 3 rings (SSSR count). The fourth-order valence-corrected chi connectivity index (χ4v) is 3.53. The molecular weight excluding hydrogens is 364 g/mol. The number of nitrogens with two attached hydrogens (primary N) is 2. The topological polar surface area (TPSA) is 91.5 Å². The zero-order valence-corrected chi connectivity index (χ0v) is 18.4. The number of rotatable bonds is 8. The van der Waals surface area contributed by atoms with Gasteiger partial charge in [-0.05, 0) is 77.9 Å². The average Bonchev–Trinajstić information content (AvgIpc) is 3.34. The number of hydrogen-bond acceptors (Lipinski definition) is 5. The highest BCUT2D eigenvalue weighted by Gasteiger charge is 2.35. The molecule has 2 atom stereocenters. The largest absolute Gasteiger partial charge is 0.465 e. The molecule has 0 aliphatic carbocycles. The molecule has 0 spiro atoms. The van der Waals surface area contributed by atoms with Crippen molar-refractivity contribution in [3.63, 3.8) is 0 Å². The maximum absolute atomic E-state index is 6.33. The summed E-state index contributed by atoms with van der Waals surface area (Å²) in [5.41, 5.74) is 11.0. The van der Waals surface area contributed by atoms with Gasteiger partial charge in [0.2, 0.25) is 0 Å². The van der Waals surface area contributed by atoms with Crippen LogP contribution in [0.15, 0.2) is 49.6 Å². The van der Waals surface area contributed by atoms with Crippen LogP contribution in [0.1, 0.15) is 76.1 Å². The SMILES string of the molecule is CC(N)Cc1ccc(C(C)(C)c2ccc(C(C)(C)c3ccc(CC(C)N)o3)o2)o1. The Kier molecular flexibility index (Phi) is 5.84. The van der Waals surface area contributed by atoms with Gasteiger partial charge in [0.15, 0.2) is 0 Å². The van der Waals surface area contributed by atoms with Crippen LogP contribution in [-0.4, -0.2) is 12.1 Å². The molecule has 5 heteroatoms. The van der Waals surface area contributed by atoms with Crippen molar-refractivity contribution in [2.45, 2.75) is 77.3 Å². The van der Waals surface area contributed by atoms with E-state index in [1.54, 1.807) is 0 Å². The summed E-state index contributed by atoms with van der Waals surface area (Å²) in [6.45, 7) is 12.4. The van der Waals surface area contributed by atoms with Crippen molar-refractivity contribution in [1.29, 1.82) is 0 Å². The fourth-order valence-electron chi connectivity index (χ4n) is 3.53. The summed E-state index contributed by atoms with van der Waals surface area (Å²) in [7, 11) is 0. The average molecular weight is 399 g/mol. The Morgan fingerprint density at radius 2 is 0.931 bits per heavy atom. The molecule has 29 heavy (non-hydrogen) atoms. The zero-order valence-electron chi connectivity index (χ0n) is 18.4. The van der Waals surface area contributed by atoms with Crippen LogP contribution >= 0.6 is 0 Å². The third-order valence-corrected chi connectivity index (χ3v) is 5.44. The van der Waals surface area contributed by atoms with Crippen LogP contribution in [0, 0.1) is 0 Å². The van der Waals surface area contributed by atoms with Gasteiger partial charge in [0, 0.05) is 24.9 Å². The Balaban J connectivity index is 1.85. The minimum absolute atomic E-state index is 0.0635. The first-order valence-corrected chi connectivity index (χ1v) is 10.3. The number of hydrogen-bond donors (Lipinski definition) is 2. The van der Waals surface area contributed by atoms with E-state index in [1.165, 1.54) is 0 Å². The van der Waals surface area contributed by atoms with Crippen molar-refractivity contribution < 1.29 is 13.3 Å². The lowest BCUT2D eigenvalue weighted by Gasteiger charge is -2.22. The molecule has 158 valence electrons. The van der Waals surface area contributed by atoms with Crippen molar-refractivity contribution in [3.8, 4) is 0 Å². The first kappa shape index (κ1) is 21.5. The third kappa shape index (κ3) is 4.51. The van der Waals surface area contributed by atoms with Gasteiger partial charge in [-0.2, -0.15) is 0 Å². The van der Waals surface area contributed by atoms with E-state index >= 15 is 0 Å². The van der Waals surface area contributed by atoms with Crippen LogP contribution in [0.3, 0.4) is 0 Å². The van der Waals surface area contributed by atoms with Crippen LogP contribution in [0.2, 0.25) is 0 Å². The standard InChI is InChI=1S/C24H34N2O3/c1-15(25)13-17-7-9-19(27-17)23(3,4)21-11-12-22(29-21)24(5,6)20-10-8-18(28-20)14-16(2)26/h7-12,15-16H,13-14,25-26H2,1-6H3. The van der Waals surface area contributed by atoms with E-state index in [4.69, 9.17) is 24.7 Å². The molecule has 4 N–H and O–H groups in total. The highest BCUT2D eigenvalue weighted by atomic mass is 16.4. The van der Waals surface area contributed by atoms with E-state index in [9.17, 15) is 0 Å². The molecular formula is C24H34N2O3. The van der Waals surface area contributed by atoms with Gasteiger partial charge in [-0.3, -0.25) is 0 Å². The molecule has 0 fully saturated rings. The Labute approximate surface area is 173 Å². The van der Waals surface area contributed by atoms with Gasteiger partial charge in [0.1, 0.15) is 34.6 Å².